The van der Waals surface area contributed by atoms with E-state index in [9.17, 15) is 0 Å². The Morgan fingerprint density at radius 2 is 2.15 bits per heavy atom. The van der Waals surface area contributed by atoms with E-state index >= 15 is 0 Å². The molecule has 0 atom stereocenters. The standard InChI is InChI=1S/C12H13N/c1-2-9-6-7-11-10(8-9)4-3-5-12(11)13/h2,6-8,13H,1,3-5H2. The van der Waals surface area contributed by atoms with Crippen LogP contribution in [0.2, 0.25) is 0 Å². The maximum Gasteiger partial charge on any atom is 0.0389 e. The Balaban J connectivity index is 2.51. The van der Waals surface area contributed by atoms with Crippen molar-refractivity contribution in [2.45, 2.75) is 19.3 Å². The molecule has 0 spiro atoms. The molecule has 0 amide bonds. The Morgan fingerprint density at radius 3 is 2.92 bits per heavy atom. The molecular formula is C12H13N. The van der Waals surface area contributed by atoms with Gasteiger partial charge in [0, 0.05) is 5.71 Å². The Labute approximate surface area is 78.6 Å². The number of hydrogen-bond donors (Lipinski definition) is 1. The summed E-state index contributed by atoms with van der Waals surface area (Å²) in [5.41, 5.74) is 4.40. The number of rotatable bonds is 1. The van der Waals surface area contributed by atoms with Crippen LogP contribution in [0.25, 0.3) is 6.08 Å². The van der Waals surface area contributed by atoms with Crippen LogP contribution in [-0.4, -0.2) is 5.71 Å². The summed E-state index contributed by atoms with van der Waals surface area (Å²) in [6.07, 6.45) is 5.02. The van der Waals surface area contributed by atoms with Gasteiger partial charge in [-0.15, -0.1) is 0 Å². The third kappa shape index (κ3) is 1.42. The van der Waals surface area contributed by atoms with Crippen LogP contribution in [0, 0.1) is 5.41 Å². The van der Waals surface area contributed by atoms with Gasteiger partial charge < -0.3 is 5.41 Å². The fraction of sp³-hybridized carbons (Fsp3) is 0.250. The van der Waals surface area contributed by atoms with E-state index in [1.54, 1.807) is 0 Å². The fourth-order valence-electron chi connectivity index (χ4n) is 1.83. The lowest BCUT2D eigenvalue weighted by Gasteiger charge is -2.16. The van der Waals surface area contributed by atoms with Crippen molar-refractivity contribution < 1.29 is 0 Å². The number of fused-ring (bicyclic) bond motifs is 1. The number of hydrogen-bond acceptors (Lipinski definition) is 1. The van der Waals surface area contributed by atoms with Crippen molar-refractivity contribution in [1.29, 1.82) is 5.41 Å². The summed E-state index contributed by atoms with van der Waals surface area (Å²) in [6, 6.07) is 6.23. The van der Waals surface area contributed by atoms with Crippen molar-refractivity contribution in [1.82, 2.24) is 0 Å². The molecule has 0 bridgehead atoms. The van der Waals surface area contributed by atoms with Gasteiger partial charge in [0.15, 0.2) is 0 Å². The van der Waals surface area contributed by atoms with Crippen molar-refractivity contribution in [2.24, 2.45) is 0 Å². The van der Waals surface area contributed by atoms with Gasteiger partial charge in [0.05, 0.1) is 0 Å². The summed E-state index contributed by atoms with van der Waals surface area (Å²) in [5.74, 6) is 0. The van der Waals surface area contributed by atoms with Crippen LogP contribution >= 0.6 is 0 Å². The summed E-state index contributed by atoms with van der Waals surface area (Å²) >= 11 is 0. The highest BCUT2D eigenvalue weighted by Crippen LogP contribution is 2.22. The Hall–Kier alpha value is -1.37. The summed E-state index contributed by atoms with van der Waals surface area (Å²) < 4.78 is 0. The first-order valence-corrected chi connectivity index (χ1v) is 4.64. The Bertz CT molecular complexity index is 363. The molecule has 1 aromatic carbocycles. The van der Waals surface area contributed by atoms with E-state index in [4.69, 9.17) is 5.41 Å². The summed E-state index contributed by atoms with van der Waals surface area (Å²) in [4.78, 5) is 0. The van der Waals surface area contributed by atoms with Crippen LogP contribution in [0.5, 0.6) is 0 Å². The molecule has 66 valence electrons. The topological polar surface area (TPSA) is 23.9 Å². The molecule has 0 aromatic heterocycles. The van der Waals surface area contributed by atoms with Gasteiger partial charge in [0.25, 0.3) is 0 Å². The minimum Gasteiger partial charge on any atom is -0.305 e. The molecule has 1 aromatic rings. The molecule has 13 heavy (non-hydrogen) atoms. The Kier molecular flexibility index (Phi) is 2.01. The van der Waals surface area contributed by atoms with Crippen molar-refractivity contribution in [3.8, 4) is 0 Å². The van der Waals surface area contributed by atoms with Gasteiger partial charge >= 0.3 is 0 Å². The summed E-state index contributed by atoms with van der Waals surface area (Å²) in [5, 5.41) is 7.77. The van der Waals surface area contributed by atoms with Gasteiger partial charge in [-0.05, 0) is 36.0 Å². The zero-order valence-electron chi connectivity index (χ0n) is 7.64. The monoisotopic (exact) mass is 171 g/mol. The summed E-state index contributed by atoms with van der Waals surface area (Å²) in [6.45, 7) is 3.75. The SMILES string of the molecule is C=Cc1ccc2c(c1)CCCC2=N. The number of aryl methyl sites for hydroxylation is 1. The highest BCUT2D eigenvalue weighted by Gasteiger charge is 2.13. The smallest absolute Gasteiger partial charge is 0.0389 e. The molecule has 1 aliphatic rings. The van der Waals surface area contributed by atoms with Crippen LogP contribution in [0.3, 0.4) is 0 Å². The first-order chi connectivity index (χ1) is 6.31. The van der Waals surface area contributed by atoms with Crippen LogP contribution in [0.15, 0.2) is 24.8 Å². The van der Waals surface area contributed by atoms with Gasteiger partial charge in [-0.1, -0.05) is 30.9 Å². The first kappa shape index (κ1) is 8.24. The molecule has 0 aliphatic heterocycles. The van der Waals surface area contributed by atoms with E-state index in [0.29, 0.717) is 0 Å². The zero-order chi connectivity index (χ0) is 9.26. The maximum atomic E-state index is 7.77. The molecule has 1 heteroatoms. The van der Waals surface area contributed by atoms with Crippen LogP contribution in [0.4, 0.5) is 0 Å². The molecule has 0 unspecified atom stereocenters. The molecule has 0 saturated heterocycles. The van der Waals surface area contributed by atoms with Crippen LogP contribution in [0.1, 0.15) is 29.5 Å². The minimum absolute atomic E-state index is 0.789. The van der Waals surface area contributed by atoms with Crippen LogP contribution < -0.4 is 0 Å². The van der Waals surface area contributed by atoms with E-state index in [1.807, 2.05) is 18.2 Å². The number of benzene rings is 1. The van der Waals surface area contributed by atoms with Gasteiger partial charge in [-0.25, -0.2) is 0 Å². The van der Waals surface area contributed by atoms with Crippen molar-refractivity contribution >= 4 is 11.8 Å². The quantitative estimate of drug-likeness (QED) is 0.671. The highest BCUT2D eigenvalue weighted by molar-refractivity contribution is 6.00. The van der Waals surface area contributed by atoms with Crippen LogP contribution in [-0.2, 0) is 6.42 Å². The second-order valence-electron chi connectivity index (χ2n) is 3.45. The normalized spacial score (nSPS) is 15.2. The molecule has 0 fully saturated rings. The maximum absolute atomic E-state index is 7.77. The van der Waals surface area contributed by atoms with E-state index in [2.05, 4.69) is 12.6 Å². The average molecular weight is 171 g/mol. The summed E-state index contributed by atoms with van der Waals surface area (Å²) in [7, 11) is 0. The second-order valence-corrected chi connectivity index (χ2v) is 3.45. The largest absolute Gasteiger partial charge is 0.305 e. The molecule has 1 nitrogen and oxygen atoms in total. The predicted molar refractivity (Wildman–Crippen MR) is 56.3 cm³/mol. The van der Waals surface area contributed by atoms with Crippen molar-refractivity contribution in [3.63, 3.8) is 0 Å². The van der Waals surface area contributed by atoms with Gasteiger partial charge in [0.2, 0.25) is 0 Å². The molecule has 0 saturated carbocycles. The van der Waals surface area contributed by atoms with E-state index in [1.165, 1.54) is 5.56 Å². The average Bonchev–Trinajstić information content (AvgIpc) is 2.18. The number of nitrogens with one attached hydrogen (secondary N) is 1. The molecule has 1 N–H and O–H groups in total. The second kappa shape index (κ2) is 3.17. The third-order valence-corrected chi connectivity index (χ3v) is 2.56. The lowest BCUT2D eigenvalue weighted by Crippen LogP contribution is -2.10. The van der Waals surface area contributed by atoms with Gasteiger partial charge in [-0.3, -0.25) is 0 Å². The van der Waals surface area contributed by atoms with Gasteiger partial charge in [-0.2, -0.15) is 0 Å². The van der Waals surface area contributed by atoms with E-state index in [-0.39, 0.29) is 0 Å². The lowest BCUT2D eigenvalue weighted by molar-refractivity contribution is 0.835. The lowest BCUT2D eigenvalue weighted by atomic mass is 9.89. The van der Waals surface area contributed by atoms with E-state index in [0.717, 1.165) is 36.1 Å². The highest BCUT2D eigenvalue weighted by atomic mass is 14.4. The minimum atomic E-state index is 0.789. The molecule has 0 radical (unpaired) electrons. The van der Waals surface area contributed by atoms with Gasteiger partial charge in [0.1, 0.15) is 0 Å². The molecule has 1 aliphatic carbocycles. The van der Waals surface area contributed by atoms with Crippen molar-refractivity contribution in [2.75, 3.05) is 0 Å². The predicted octanol–water partition coefficient (Wildman–Crippen LogP) is 3.03. The zero-order valence-corrected chi connectivity index (χ0v) is 7.64. The van der Waals surface area contributed by atoms with E-state index < -0.39 is 0 Å². The molecule has 0 heterocycles. The third-order valence-electron chi connectivity index (χ3n) is 2.56. The first-order valence-electron chi connectivity index (χ1n) is 4.64. The molecular weight excluding hydrogens is 158 g/mol. The molecule has 2 rings (SSSR count). The Morgan fingerprint density at radius 1 is 1.31 bits per heavy atom. The van der Waals surface area contributed by atoms with Crippen molar-refractivity contribution in [3.05, 3.63) is 41.5 Å². The fourth-order valence-corrected chi connectivity index (χ4v) is 1.83.